The fourth-order valence-corrected chi connectivity index (χ4v) is 4.35. The zero-order chi connectivity index (χ0) is 16.4. The van der Waals surface area contributed by atoms with Gasteiger partial charge in [-0.2, -0.15) is 16.4 Å². The minimum Gasteiger partial charge on any atom is -0.349 e. The van der Waals surface area contributed by atoms with Crippen LogP contribution in [-0.2, 0) is 0 Å². The molecular formula is C18H15N3OS2. The lowest BCUT2D eigenvalue weighted by Gasteiger charge is -2.17. The first kappa shape index (κ1) is 15.1. The van der Waals surface area contributed by atoms with Gasteiger partial charge in [-0.3, -0.25) is 9.48 Å². The summed E-state index contributed by atoms with van der Waals surface area (Å²) < 4.78 is 3.01. The number of hydrogen-bond acceptors (Lipinski definition) is 4. The van der Waals surface area contributed by atoms with Gasteiger partial charge in [-0.25, -0.2) is 0 Å². The van der Waals surface area contributed by atoms with E-state index in [1.807, 2.05) is 52.7 Å². The first-order valence-electron chi connectivity index (χ1n) is 7.59. The number of thiophene rings is 2. The van der Waals surface area contributed by atoms with E-state index in [9.17, 15) is 4.79 Å². The smallest absolute Gasteiger partial charge is 0.261 e. The molecule has 1 atom stereocenters. The second-order valence-corrected chi connectivity index (χ2v) is 7.28. The fourth-order valence-electron chi connectivity index (χ4n) is 2.66. The van der Waals surface area contributed by atoms with Crippen molar-refractivity contribution in [3.05, 3.63) is 76.1 Å². The molecule has 0 aliphatic heterocycles. The Balaban J connectivity index is 1.52. The van der Waals surface area contributed by atoms with Gasteiger partial charge in [-0.15, -0.1) is 11.3 Å². The van der Waals surface area contributed by atoms with Crippen molar-refractivity contribution in [3.8, 4) is 0 Å². The Morgan fingerprint density at radius 3 is 2.92 bits per heavy atom. The van der Waals surface area contributed by atoms with Crippen molar-refractivity contribution in [2.45, 2.75) is 6.04 Å². The monoisotopic (exact) mass is 353 g/mol. The average molecular weight is 353 g/mol. The summed E-state index contributed by atoms with van der Waals surface area (Å²) in [7, 11) is 0. The first-order chi connectivity index (χ1) is 11.8. The van der Waals surface area contributed by atoms with E-state index < -0.39 is 0 Å². The van der Waals surface area contributed by atoms with Crippen LogP contribution in [0.5, 0.6) is 0 Å². The van der Waals surface area contributed by atoms with Crippen LogP contribution >= 0.6 is 22.7 Å². The predicted molar refractivity (Wildman–Crippen MR) is 98.8 cm³/mol. The molecule has 120 valence electrons. The number of aromatic nitrogens is 2. The van der Waals surface area contributed by atoms with E-state index in [0.29, 0.717) is 6.54 Å². The summed E-state index contributed by atoms with van der Waals surface area (Å²) in [5.41, 5.74) is 1.15. The number of carbonyl (C=O) groups excluding carboxylic acids is 1. The van der Waals surface area contributed by atoms with Crippen LogP contribution in [-0.4, -0.2) is 22.2 Å². The molecular weight excluding hydrogens is 338 g/mol. The third kappa shape index (κ3) is 2.98. The van der Waals surface area contributed by atoms with Crippen LogP contribution in [0.4, 0.5) is 0 Å². The third-order valence-electron chi connectivity index (χ3n) is 3.88. The number of nitrogens with one attached hydrogen (secondary N) is 1. The molecule has 6 heteroatoms. The van der Waals surface area contributed by atoms with Crippen LogP contribution in [0.2, 0.25) is 0 Å². The van der Waals surface area contributed by atoms with Crippen molar-refractivity contribution in [1.29, 1.82) is 0 Å². The third-order valence-corrected chi connectivity index (χ3v) is 5.69. The van der Waals surface area contributed by atoms with E-state index in [2.05, 4.69) is 21.9 Å². The minimum atomic E-state index is -0.0383. The van der Waals surface area contributed by atoms with Gasteiger partial charge in [0.05, 0.1) is 10.9 Å². The quantitative estimate of drug-likeness (QED) is 0.585. The van der Waals surface area contributed by atoms with Gasteiger partial charge in [0, 0.05) is 23.6 Å². The molecule has 1 aromatic carbocycles. The predicted octanol–water partition coefficient (Wildman–Crippen LogP) is 4.18. The maximum atomic E-state index is 12.5. The van der Waals surface area contributed by atoms with E-state index in [-0.39, 0.29) is 11.9 Å². The molecule has 4 nitrogen and oxygen atoms in total. The zero-order valence-corrected chi connectivity index (χ0v) is 14.4. The van der Waals surface area contributed by atoms with Crippen LogP contribution in [0.1, 0.15) is 21.3 Å². The molecule has 0 aliphatic carbocycles. The maximum absolute atomic E-state index is 12.5. The van der Waals surface area contributed by atoms with E-state index in [1.165, 1.54) is 11.3 Å². The lowest BCUT2D eigenvalue weighted by molar-refractivity contribution is 0.0953. The summed E-state index contributed by atoms with van der Waals surface area (Å²) in [6.45, 7) is 0.505. The Kier molecular flexibility index (Phi) is 4.15. The summed E-state index contributed by atoms with van der Waals surface area (Å²) in [6.07, 6.45) is 3.68. The highest BCUT2D eigenvalue weighted by molar-refractivity contribution is 7.20. The van der Waals surface area contributed by atoms with Crippen LogP contribution in [0, 0.1) is 0 Å². The molecule has 0 unspecified atom stereocenters. The minimum absolute atomic E-state index is 0.00424. The van der Waals surface area contributed by atoms with Gasteiger partial charge < -0.3 is 5.32 Å². The van der Waals surface area contributed by atoms with Crippen LogP contribution in [0.25, 0.3) is 10.1 Å². The molecule has 0 fully saturated rings. The summed E-state index contributed by atoms with van der Waals surface area (Å²) >= 11 is 3.17. The van der Waals surface area contributed by atoms with E-state index in [1.54, 1.807) is 17.5 Å². The van der Waals surface area contributed by atoms with Crippen LogP contribution in [0.15, 0.2) is 65.6 Å². The highest BCUT2D eigenvalue weighted by Gasteiger charge is 2.17. The van der Waals surface area contributed by atoms with Gasteiger partial charge in [0.15, 0.2) is 0 Å². The molecule has 1 N–H and O–H groups in total. The molecule has 4 aromatic rings. The number of carbonyl (C=O) groups is 1. The molecule has 0 saturated heterocycles. The van der Waals surface area contributed by atoms with Crippen LogP contribution < -0.4 is 5.32 Å². The Labute approximate surface area is 147 Å². The van der Waals surface area contributed by atoms with E-state index in [4.69, 9.17) is 0 Å². The van der Waals surface area contributed by atoms with E-state index in [0.717, 1.165) is 20.5 Å². The van der Waals surface area contributed by atoms with Crippen molar-refractivity contribution in [1.82, 2.24) is 15.1 Å². The van der Waals surface area contributed by atoms with Crippen molar-refractivity contribution < 1.29 is 4.79 Å². The summed E-state index contributed by atoms with van der Waals surface area (Å²) in [4.78, 5) is 13.3. The Bertz CT molecular complexity index is 875. The molecule has 4 rings (SSSR count). The largest absolute Gasteiger partial charge is 0.349 e. The number of amides is 1. The molecule has 0 radical (unpaired) electrons. The van der Waals surface area contributed by atoms with Crippen molar-refractivity contribution in [2.75, 3.05) is 6.54 Å². The first-order valence-corrected chi connectivity index (χ1v) is 9.35. The number of rotatable bonds is 5. The highest BCUT2D eigenvalue weighted by atomic mass is 32.1. The van der Waals surface area contributed by atoms with Gasteiger partial charge in [0.1, 0.15) is 0 Å². The standard InChI is InChI=1S/C18H15N3OS2/c22-18(17-10-13-4-1-2-5-16(13)24-17)19-11-15(14-6-9-23-12-14)21-8-3-7-20-21/h1-10,12,15H,11H2,(H,19,22)/t15-/m1/s1. The lowest BCUT2D eigenvalue weighted by Crippen LogP contribution is -2.31. The topological polar surface area (TPSA) is 46.9 Å². The molecule has 3 heterocycles. The van der Waals surface area contributed by atoms with Gasteiger partial charge in [-0.05, 0) is 46.0 Å². The van der Waals surface area contributed by atoms with E-state index >= 15 is 0 Å². The molecule has 0 spiro atoms. The SMILES string of the molecule is O=C(NC[C@H](c1ccsc1)n1cccn1)c1cc2ccccc2s1. The highest BCUT2D eigenvalue weighted by Crippen LogP contribution is 2.25. The molecule has 1 amide bonds. The molecule has 0 bridgehead atoms. The number of nitrogens with zero attached hydrogens (tertiary/aromatic N) is 2. The summed E-state index contributed by atoms with van der Waals surface area (Å²) in [5.74, 6) is -0.0383. The molecule has 3 aromatic heterocycles. The van der Waals surface area contributed by atoms with Gasteiger partial charge in [0.2, 0.25) is 0 Å². The molecule has 0 saturated carbocycles. The fraction of sp³-hybridized carbons (Fsp3) is 0.111. The van der Waals surface area contributed by atoms with Gasteiger partial charge >= 0.3 is 0 Å². The molecule has 24 heavy (non-hydrogen) atoms. The lowest BCUT2D eigenvalue weighted by atomic mass is 10.1. The van der Waals surface area contributed by atoms with Crippen LogP contribution in [0.3, 0.4) is 0 Å². The second-order valence-electron chi connectivity index (χ2n) is 5.42. The number of benzene rings is 1. The second kappa shape index (κ2) is 6.59. The Morgan fingerprint density at radius 2 is 2.17 bits per heavy atom. The Hall–Kier alpha value is -2.44. The van der Waals surface area contributed by atoms with Crippen molar-refractivity contribution >= 4 is 38.7 Å². The average Bonchev–Trinajstić information content (AvgIpc) is 3.35. The maximum Gasteiger partial charge on any atom is 0.261 e. The number of fused-ring (bicyclic) bond motifs is 1. The number of hydrogen-bond donors (Lipinski definition) is 1. The van der Waals surface area contributed by atoms with Crippen molar-refractivity contribution in [3.63, 3.8) is 0 Å². The summed E-state index contributed by atoms with van der Waals surface area (Å²) in [6, 6.07) is 14.0. The van der Waals surface area contributed by atoms with Gasteiger partial charge in [0.25, 0.3) is 5.91 Å². The molecule has 0 aliphatic rings. The van der Waals surface area contributed by atoms with Gasteiger partial charge in [-0.1, -0.05) is 18.2 Å². The summed E-state index contributed by atoms with van der Waals surface area (Å²) in [5, 5.41) is 12.6. The Morgan fingerprint density at radius 1 is 1.25 bits per heavy atom. The normalized spacial score (nSPS) is 12.3. The zero-order valence-electron chi connectivity index (χ0n) is 12.8. The van der Waals surface area contributed by atoms with Crippen molar-refractivity contribution in [2.24, 2.45) is 0 Å².